The molecule has 100 valence electrons. The van der Waals surface area contributed by atoms with Gasteiger partial charge in [0.1, 0.15) is 0 Å². The van der Waals surface area contributed by atoms with Gasteiger partial charge in [0.25, 0.3) is 0 Å². The Labute approximate surface area is 109 Å². The predicted molar refractivity (Wildman–Crippen MR) is 76.1 cm³/mol. The van der Waals surface area contributed by atoms with Gasteiger partial charge >= 0.3 is 0 Å². The number of hydrogen-bond acceptors (Lipinski definition) is 4. The molecule has 5 heteroatoms. The van der Waals surface area contributed by atoms with Crippen LogP contribution in [-0.2, 0) is 9.84 Å². The van der Waals surface area contributed by atoms with Gasteiger partial charge in [-0.05, 0) is 18.6 Å². The van der Waals surface area contributed by atoms with Gasteiger partial charge in [0.05, 0.1) is 17.1 Å². The standard InChI is InChI=1S/C13H20N2O2S/c1-2-10-18(16,17)11-9-15-8-7-14-12-5-3-4-6-13(12)15/h3-6,14H,2,7-11H2,1H3. The van der Waals surface area contributed by atoms with Crippen LogP contribution in [0.2, 0.25) is 0 Å². The van der Waals surface area contributed by atoms with E-state index < -0.39 is 9.84 Å². The molecule has 0 aromatic heterocycles. The van der Waals surface area contributed by atoms with Gasteiger partial charge in [0, 0.05) is 25.4 Å². The highest BCUT2D eigenvalue weighted by Gasteiger charge is 2.18. The molecule has 1 aliphatic heterocycles. The molecular formula is C13H20N2O2S. The highest BCUT2D eigenvalue weighted by molar-refractivity contribution is 7.91. The second kappa shape index (κ2) is 5.61. The van der Waals surface area contributed by atoms with E-state index in [1.165, 1.54) is 0 Å². The number of para-hydroxylation sites is 2. The average molecular weight is 268 g/mol. The summed E-state index contributed by atoms with van der Waals surface area (Å²) in [4.78, 5) is 2.15. The Bertz CT molecular complexity index is 499. The molecule has 0 saturated heterocycles. The third-order valence-electron chi connectivity index (χ3n) is 3.13. The molecule has 0 amide bonds. The number of nitrogens with zero attached hydrogens (tertiary/aromatic N) is 1. The fraction of sp³-hybridized carbons (Fsp3) is 0.538. The molecule has 0 spiro atoms. The molecular weight excluding hydrogens is 248 g/mol. The maximum Gasteiger partial charge on any atom is 0.152 e. The van der Waals surface area contributed by atoms with Crippen molar-refractivity contribution in [3.05, 3.63) is 24.3 Å². The lowest BCUT2D eigenvalue weighted by Gasteiger charge is -2.31. The minimum atomic E-state index is -2.90. The summed E-state index contributed by atoms with van der Waals surface area (Å²) < 4.78 is 23.5. The molecule has 1 aromatic rings. The first-order chi connectivity index (χ1) is 8.62. The molecule has 0 bridgehead atoms. The van der Waals surface area contributed by atoms with Crippen LogP contribution in [0.3, 0.4) is 0 Å². The minimum Gasteiger partial charge on any atom is -0.382 e. The normalized spacial score (nSPS) is 15.1. The number of rotatable bonds is 5. The summed E-state index contributed by atoms with van der Waals surface area (Å²) in [5, 5.41) is 3.32. The van der Waals surface area contributed by atoms with Crippen molar-refractivity contribution in [1.82, 2.24) is 0 Å². The van der Waals surface area contributed by atoms with Crippen LogP contribution in [0.25, 0.3) is 0 Å². The van der Waals surface area contributed by atoms with E-state index in [-0.39, 0.29) is 5.75 Å². The van der Waals surface area contributed by atoms with E-state index in [1.807, 2.05) is 31.2 Å². The van der Waals surface area contributed by atoms with Gasteiger partial charge in [-0.1, -0.05) is 19.1 Å². The molecule has 4 nitrogen and oxygen atoms in total. The lowest BCUT2D eigenvalue weighted by molar-refractivity contribution is 0.593. The summed E-state index contributed by atoms with van der Waals surface area (Å²) in [6, 6.07) is 8.04. The highest BCUT2D eigenvalue weighted by Crippen LogP contribution is 2.27. The smallest absolute Gasteiger partial charge is 0.152 e. The lowest BCUT2D eigenvalue weighted by Crippen LogP contribution is -2.37. The van der Waals surface area contributed by atoms with Gasteiger partial charge in [-0.15, -0.1) is 0 Å². The molecule has 18 heavy (non-hydrogen) atoms. The summed E-state index contributed by atoms with van der Waals surface area (Å²) in [5.41, 5.74) is 2.20. The summed E-state index contributed by atoms with van der Waals surface area (Å²) >= 11 is 0. The number of fused-ring (bicyclic) bond motifs is 1. The molecule has 0 aliphatic carbocycles. The van der Waals surface area contributed by atoms with Crippen molar-refractivity contribution in [3.63, 3.8) is 0 Å². The molecule has 1 aliphatic rings. The Morgan fingerprint density at radius 1 is 1.28 bits per heavy atom. The van der Waals surface area contributed by atoms with Crippen LogP contribution in [0.1, 0.15) is 13.3 Å². The SMILES string of the molecule is CCCS(=O)(=O)CCN1CCNc2ccccc21. The first kappa shape index (κ1) is 13.2. The highest BCUT2D eigenvalue weighted by atomic mass is 32.2. The summed E-state index contributed by atoms with van der Waals surface area (Å²) in [7, 11) is -2.90. The van der Waals surface area contributed by atoms with Gasteiger partial charge in [-0.2, -0.15) is 0 Å². The van der Waals surface area contributed by atoms with E-state index >= 15 is 0 Å². The van der Waals surface area contributed by atoms with Gasteiger partial charge in [0.15, 0.2) is 9.84 Å². The van der Waals surface area contributed by atoms with Gasteiger partial charge < -0.3 is 10.2 Å². The quantitative estimate of drug-likeness (QED) is 0.884. The zero-order chi connectivity index (χ0) is 13.0. The first-order valence-corrected chi connectivity index (χ1v) is 8.23. The summed E-state index contributed by atoms with van der Waals surface area (Å²) in [5.74, 6) is 0.538. The number of anilines is 2. The molecule has 0 saturated carbocycles. The van der Waals surface area contributed by atoms with Crippen molar-refractivity contribution in [2.75, 3.05) is 41.4 Å². The lowest BCUT2D eigenvalue weighted by atomic mass is 10.2. The number of hydrogen-bond donors (Lipinski definition) is 1. The van der Waals surface area contributed by atoms with Gasteiger partial charge in [0.2, 0.25) is 0 Å². The van der Waals surface area contributed by atoms with Crippen molar-refractivity contribution in [2.24, 2.45) is 0 Å². The third kappa shape index (κ3) is 3.16. The van der Waals surface area contributed by atoms with E-state index in [4.69, 9.17) is 0 Å². The van der Waals surface area contributed by atoms with Crippen molar-refractivity contribution in [2.45, 2.75) is 13.3 Å². The van der Waals surface area contributed by atoms with Gasteiger partial charge in [-0.25, -0.2) is 8.42 Å². The van der Waals surface area contributed by atoms with Crippen LogP contribution in [0, 0.1) is 0 Å². The summed E-state index contributed by atoms with van der Waals surface area (Å²) in [6.07, 6.45) is 0.695. The molecule has 1 aromatic carbocycles. The Morgan fingerprint density at radius 3 is 2.83 bits per heavy atom. The Morgan fingerprint density at radius 2 is 2.06 bits per heavy atom. The largest absolute Gasteiger partial charge is 0.382 e. The molecule has 0 fully saturated rings. The van der Waals surface area contributed by atoms with Crippen LogP contribution in [0.15, 0.2) is 24.3 Å². The van der Waals surface area contributed by atoms with Crippen molar-refractivity contribution >= 4 is 21.2 Å². The minimum absolute atomic E-state index is 0.245. The van der Waals surface area contributed by atoms with Crippen LogP contribution >= 0.6 is 0 Å². The molecule has 0 unspecified atom stereocenters. The Kier molecular flexibility index (Phi) is 4.11. The van der Waals surface area contributed by atoms with Crippen LogP contribution in [0.4, 0.5) is 11.4 Å². The molecule has 0 atom stereocenters. The van der Waals surface area contributed by atoms with E-state index in [1.54, 1.807) is 0 Å². The van der Waals surface area contributed by atoms with E-state index in [2.05, 4.69) is 10.2 Å². The molecule has 1 heterocycles. The molecule has 2 rings (SSSR count). The maximum absolute atomic E-state index is 11.7. The number of nitrogens with one attached hydrogen (secondary N) is 1. The topological polar surface area (TPSA) is 49.4 Å². The van der Waals surface area contributed by atoms with Crippen molar-refractivity contribution in [1.29, 1.82) is 0 Å². The Balaban J connectivity index is 2.04. The molecule has 0 radical (unpaired) electrons. The van der Waals surface area contributed by atoms with Crippen molar-refractivity contribution in [3.8, 4) is 0 Å². The van der Waals surface area contributed by atoms with Crippen molar-refractivity contribution < 1.29 is 8.42 Å². The van der Waals surface area contributed by atoms with E-state index in [9.17, 15) is 8.42 Å². The van der Waals surface area contributed by atoms with E-state index in [0.717, 1.165) is 24.5 Å². The Hall–Kier alpha value is -1.23. The van der Waals surface area contributed by atoms with Crippen LogP contribution < -0.4 is 10.2 Å². The average Bonchev–Trinajstić information content (AvgIpc) is 2.36. The predicted octanol–water partition coefficient (Wildman–Crippen LogP) is 1.74. The second-order valence-corrected chi connectivity index (χ2v) is 6.89. The summed E-state index contributed by atoms with van der Waals surface area (Å²) in [6.45, 7) is 4.21. The first-order valence-electron chi connectivity index (χ1n) is 6.40. The van der Waals surface area contributed by atoms with Crippen LogP contribution in [0.5, 0.6) is 0 Å². The zero-order valence-corrected chi connectivity index (χ0v) is 11.5. The molecule has 1 N–H and O–H groups in total. The number of benzene rings is 1. The third-order valence-corrected chi connectivity index (χ3v) is 4.96. The fourth-order valence-corrected chi connectivity index (χ4v) is 3.56. The fourth-order valence-electron chi connectivity index (χ4n) is 2.24. The van der Waals surface area contributed by atoms with E-state index in [0.29, 0.717) is 18.7 Å². The monoisotopic (exact) mass is 268 g/mol. The van der Waals surface area contributed by atoms with Crippen LogP contribution in [-0.4, -0.2) is 39.6 Å². The zero-order valence-electron chi connectivity index (χ0n) is 10.7. The second-order valence-electron chi connectivity index (χ2n) is 4.58. The number of sulfone groups is 1. The van der Waals surface area contributed by atoms with Gasteiger partial charge in [-0.3, -0.25) is 0 Å². The maximum atomic E-state index is 11.7.